The predicted octanol–water partition coefficient (Wildman–Crippen LogP) is -0.861. The quantitative estimate of drug-likeness (QED) is 0.569. The second-order valence-corrected chi connectivity index (χ2v) is 2.55. The van der Waals surface area contributed by atoms with Crippen LogP contribution in [0.4, 0.5) is 0 Å². The Bertz CT molecular complexity index is 170. The number of nitrogens with one attached hydrogen (secondary N) is 1. The van der Waals surface area contributed by atoms with Gasteiger partial charge in [0.2, 0.25) is 5.91 Å². The molecular weight excluding hydrogens is 160 g/mol. The molecular formula is C7H14N2O3. The molecule has 5 nitrogen and oxygen atoms in total. The molecule has 0 bridgehead atoms. The molecule has 0 saturated heterocycles. The number of amides is 1. The molecule has 0 saturated carbocycles. The molecule has 0 spiro atoms. The molecule has 12 heavy (non-hydrogen) atoms. The number of hydrogen-bond acceptors (Lipinski definition) is 3. The average Bonchev–Trinajstić information content (AvgIpc) is 1.99. The number of nitrogens with zero attached hydrogens (tertiary/aromatic N) is 1. The lowest BCUT2D eigenvalue weighted by molar-refractivity contribution is -0.138. The van der Waals surface area contributed by atoms with Crippen molar-refractivity contribution in [2.75, 3.05) is 27.2 Å². The summed E-state index contributed by atoms with van der Waals surface area (Å²) < 4.78 is 0. The molecule has 0 aliphatic rings. The fourth-order valence-electron chi connectivity index (χ4n) is 0.727. The van der Waals surface area contributed by atoms with Gasteiger partial charge in [-0.15, -0.1) is 0 Å². The highest BCUT2D eigenvalue weighted by molar-refractivity contribution is 5.75. The van der Waals surface area contributed by atoms with Gasteiger partial charge in [0.05, 0.1) is 6.54 Å². The molecule has 0 unspecified atom stereocenters. The third kappa shape index (κ3) is 5.67. The van der Waals surface area contributed by atoms with E-state index in [2.05, 4.69) is 5.32 Å². The van der Waals surface area contributed by atoms with Crippen LogP contribution in [-0.2, 0) is 9.59 Å². The molecule has 0 atom stereocenters. The Hall–Kier alpha value is -1.10. The van der Waals surface area contributed by atoms with Gasteiger partial charge in [0.25, 0.3) is 0 Å². The van der Waals surface area contributed by atoms with Gasteiger partial charge in [-0.25, -0.2) is 0 Å². The number of carbonyl (C=O) groups excluding carboxylic acids is 1. The molecule has 0 aromatic carbocycles. The predicted molar refractivity (Wildman–Crippen MR) is 43.8 cm³/mol. The summed E-state index contributed by atoms with van der Waals surface area (Å²) in [6.45, 7) is 0.433. The maximum atomic E-state index is 10.7. The lowest BCUT2D eigenvalue weighted by Crippen LogP contribution is -2.30. The largest absolute Gasteiger partial charge is 0.480 e. The summed E-state index contributed by atoms with van der Waals surface area (Å²) in [5, 5.41) is 10.8. The van der Waals surface area contributed by atoms with E-state index in [1.807, 2.05) is 0 Å². The van der Waals surface area contributed by atoms with Crippen LogP contribution in [0.2, 0.25) is 0 Å². The van der Waals surface area contributed by atoms with E-state index in [4.69, 9.17) is 5.11 Å². The number of carbonyl (C=O) groups is 2. The lowest BCUT2D eigenvalue weighted by Gasteiger charge is -2.12. The summed E-state index contributed by atoms with van der Waals surface area (Å²) in [4.78, 5) is 22.5. The minimum Gasteiger partial charge on any atom is -0.480 e. The van der Waals surface area contributed by atoms with Gasteiger partial charge < -0.3 is 10.4 Å². The molecule has 70 valence electrons. The Balaban J connectivity index is 3.50. The summed E-state index contributed by atoms with van der Waals surface area (Å²) in [5.41, 5.74) is 0. The first kappa shape index (κ1) is 10.9. The first-order chi connectivity index (χ1) is 5.56. The maximum Gasteiger partial charge on any atom is 0.317 e. The van der Waals surface area contributed by atoms with Gasteiger partial charge in [-0.3, -0.25) is 14.5 Å². The van der Waals surface area contributed by atoms with Crippen LogP contribution in [0, 0.1) is 0 Å². The minimum atomic E-state index is -0.880. The van der Waals surface area contributed by atoms with Crippen LogP contribution in [0.25, 0.3) is 0 Å². The summed E-state index contributed by atoms with van der Waals surface area (Å²) in [6, 6.07) is 0. The molecule has 0 aromatic heterocycles. The van der Waals surface area contributed by atoms with Crippen LogP contribution < -0.4 is 5.32 Å². The third-order valence-electron chi connectivity index (χ3n) is 1.40. The Morgan fingerprint density at radius 1 is 1.50 bits per heavy atom. The zero-order chi connectivity index (χ0) is 9.56. The third-order valence-corrected chi connectivity index (χ3v) is 1.40. The lowest BCUT2D eigenvalue weighted by atomic mass is 10.3. The topological polar surface area (TPSA) is 69.6 Å². The van der Waals surface area contributed by atoms with Crippen LogP contribution in [0.3, 0.4) is 0 Å². The standard InChI is InChI=1S/C7H14N2O3/c1-8-6(10)3-4-9(2)5-7(11)12/h3-5H2,1-2H3,(H,8,10)(H,11,12). The van der Waals surface area contributed by atoms with Crippen LogP contribution in [0.5, 0.6) is 0 Å². The summed E-state index contributed by atoms with van der Waals surface area (Å²) in [6.07, 6.45) is 0.334. The summed E-state index contributed by atoms with van der Waals surface area (Å²) >= 11 is 0. The molecule has 0 rings (SSSR count). The van der Waals surface area contributed by atoms with Gasteiger partial charge in [0.1, 0.15) is 0 Å². The van der Waals surface area contributed by atoms with E-state index in [9.17, 15) is 9.59 Å². The molecule has 0 heterocycles. The SMILES string of the molecule is CNC(=O)CCN(C)CC(=O)O. The highest BCUT2D eigenvalue weighted by Gasteiger charge is 2.05. The second kappa shape index (κ2) is 5.54. The van der Waals surface area contributed by atoms with Crippen molar-refractivity contribution in [2.45, 2.75) is 6.42 Å². The smallest absolute Gasteiger partial charge is 0.317 e. The zero-order valence-corrected chi connectivity index (χ0v) is 7.33. The highest BCUT2D eigenvalue weighted by Crippen LogP contribution is 1.86. The number of hydrogen-bond donors (Lipinski definition) is 2. The summed E-state index contributed by atoms with van der Waals surface area (Å²) in [5.74, 6) is -0.957. The minimum absolute atomic E-state index is 0.0308. The van der Waals surface area contributed by atoms with E-state index in [0.717, 1.165) is 0 Å². The molecule has 0 aromatic rings. The van der Waals surface area contributed by atoms with Gasteiger partial charge in [-0.2, -0.15) is 0 Å². The maximum absolute atomic E-state index is 10.7. The van der Waals surface area contributed by atoms with E-state index in [-0.39, 0.29) is 12.5 Å². The normalized spacial score (nSPS) is 9.92. The Morgan fingerprint density at radius 3 is 2.50 bits per heavy atom. The molecule has 0 aliphatic heterocycles. The van der Waals surface area contributed by atoms with Crippen molar-refractivity contribution < 1.29 is 14.7 Å². The van der Waals surface area contributed by atoms with Crippen molar-refractivity contribution in [3.8, 4) is 0 Å². The first-order valence-corrected chi connectivity index (χ1v) is 3.67. The van der Waals surface area contributed by atoms with Crippen LogP contribution in [0.15, 0.2) is 0 Å². The van der Waals surface area contributed by atoms with Crippen LogP contribution >= 0.6 is 0 Å². The van der Waals surface area contributed by atoms with Crippen molar-refractivity contribution in [3.63, 3.8) is 0 Å². The van der Waals surface area contributed by atoms with E-state index in [1.165, 1.54) is 0 Å². The molecule has 0 aliphatic carbocycles. The number of carboxylic acid groups (broad SMARTS) is 1. The fraction of sp³-hybridized carbons (Fsp3) is 0.714. The fourth-order valence-corrected chi connectivity index (χ4v) is 0.727. The number of carboxylic acids is 1. The molecule has 2 N–H and O–H groups in total. The second-order valence-electron chi connectivity index (χ2n) is 2.55. The monoisotopic (exact) mass is 174 g/mol. The summed E-state index contributed by atoms with van der Waals surface area (Å²) in [7, 11) is 3.22. The van der Waals surface area contributed by atoms with Crippen molar-refractivity contribution in [2.24, 2.45) is 0 Å². The molecule has 5 heteroatoms. The van der Waals surface area contributed by atoms with Crippen molar-refractivity contribution in [1.82, 2.24) is 10.2 Å². The molecule has 0 radical (unpaired) electrons. The Morgan fingerprint density at radius 2 is 2.08 bits per heavy atom. The van der Waals surface area contributed by atoms with Gasteiger partial charge >= 0.3 is 5.97 Å². The molecule has 0 fully saturated rings. The van der Waals surface area contributed by atoms with Gasteiger partial charge in [-0.05, 0) is 7.05 Å². The number of aliphatic carboxylic acids is 1. The molecule has 1 amide bonds. The van der Waals surface area contributed by atoms with Crippen molar-refractivity contribution in [1.29, 1.82) is 0 Å². The zero-order valence-electron chi connectivity index (χ0n) is 7.33. The average molecular weight is 174 g/mol. The first-order valence-electron chi connectivity index (χ1n) is 3.67. The van der Waals surface area contributed by atoms with Crippen molar-refractivity contribution in [3.05, 3.63) is 0 Å². The highest BCUT2D eigenvalue weighted by atomic mass is 16.4. The van der Waals surface area contributed by atoms with Gasteiger partial charge in [0, 0.05) is 20.0 Å². The number of likely N-dealkylation sites (N-methyl/N-ethyl adjacent to an activating group) is 1. The van der Waals surface area contributed by atoms with Crippen LogP contribution in [-0.4, -0.2) is 49.1 Å². The van der Waals surface area contributed by atoms with Gasteiger partial charge in [-0.1, -0.05) is 0 Å². The number of rotatable bonds is 5. The van der Waals surface area contributed by atoms with E-state index < -0.39 is 5.97 Å². The Kier molecular flexibility index (Phi) is 5.03. The van der Waals surface area contributed by atoms with E-state index >= 15 is 0 Å². The Labute approximate surface area is 71.4 Å². The van der Waals surface area contributed by atoms with Crippen molar-refractivity contribution >= 4 is 11.9 Å². The van der Waals surface area contributed by atoms with E-state index in [0.29, 0.717) is 13.0 Å². The van der Waals surface area contributed by atoms with E-state index in [1.54, 1.807) is 19.0 Å². The van der Waals surface area contributed by atoms with Crippen LogP contribution in [0.1, 0.15) is 6.42 Å². The van der Waals surface area contributed by atoms with Gasteiger partial charge in [0.15, 0.2) is 0 Å².